The summed E-state index contributed by atoms with van der Waals surface area (Å²) < 4.78 is 0. The highest BCUT2D eigenvalue weighted by Gasteiger charge is 2.30. The van der Waals surface area contributed by atoms with E-state index in [1.165, 1.54) is 0 Å². The van der Waals surface area contributed by atoms with E-state index in [2.05, 4.69) is 48.8 Å². The monoisotopic (exact) mass is 438 g/mol. The normalized spacial score (nSPS) is 18.6. The number of imidazole rings is 1. The highest BCUT2D eigenvalue weighted by molar-refractivity contribution is 6.33. The van der Waals surface area contributed by atoms with Crippen LogP contribution in [0, 0.1) is 5.92 Å². The van der Waals surface area contributed by atoms with Gasteiger partial charge in [0.1, 0.15) is 5.82 Å². The fourth-order valence-corrected chi connectivity index (χ4v) is 4.75. The number of piperidine rings is 1. The lowest BCUT2D eigenvalue weighted by Crippen LogP contribution is -2.50. The Balaban J connectivity index is 1.28. The van der Waals surface area contributed by atoms with Gasteiger partial charge in [-0.1, -0.05) is 11.6 Å². The molecule has 0 radical (unpaired) electrons. The van der Waals surface area contributed by atoms with Gasteiger partial charge in [-0.3, -0.25) is 9.78 Å². The van der Waals surface area contributed by atoms with Crippen LogP contribution in [-0.2, 0) is 4.79 Å². The maximum Gasteiger partial charge on any atom is 0.225 e. The van der Waals surface area contributed by atoms with Gasteiger partial charge in [-0.05, 0) is 44.2 Å². The number of likely N-dealkylation sites (N-methyl/N-ethyl adjacent to an activating group) is 1. The second-order valence-electron chi connectivity index (χ2n) is 8.53. The third-order valence-corrected chi connectivity index (χ3v) is 6.84. The molecule has 2 aromatic heterocycles. The van der Waals surface area contributed by atoms with Gasteiger partial charge in [-0.25, -0.2) is 4.98 Å². The molecule has 0 spiro atoms. The smallest absolute Gasteiger partial charge is 0.225 e. The molecule has 0 unspecified atom stereocenters. The van der Waals surface area contributed by atoms with Gasteiger partial charge >= 0.3 is 0 Å². The first-order valence-corrected chi connectivity index (χ1v) is 11.3. The van der Waals surface area contributed by atoms with Crippen molar-refractivity contribution in [3.05, 3.63) is 41.7 Å². The molecule has 0 bridgehead atoms. The summed E-state index contributed by atoms with van der Waals surface area (Å²) in [7, 11) is 2.11. The van der Waals surface area contributed by atoms with Crippen LogP contribution in [0.15, 0.2) is 36.7 Å². The number of benzene rings is 1. The third kappa shape index (κ3) is 4.12. The molecule has 2 aliphatic heterocycles. The number of fused-ring (bicyclic) bond motifs is 1. The minimum absolute atomic E-state index is 0.134. The number of halogens is 1. The Bertz CT molecular complexity index is 1050. The Labute approximate surface area is 187 Å². The van der Waals surface area contributed by atoms with Gasteiger partial charge < -0.3 is 19.7 Å². The Morgan fingerprint density at radius 3 is 2.61 bits per heavy atom. The number of aromatic amines is 1. The SMILES string of the molecule is CN1CCN(C(=O)C2CCN(c3ccc(Cl)c(-c4nc5ccncc5[nH]4)c3)CC2)CC1. The van der Waals surface area contributed by atoms with E-state index in [0.717, 1.165) is 80.2 Å². The van der Waals surface area contributed by atoms with Crippen molar-refractivity contribution < 1.29 is 4.79 Å². The van der Waals surface area contributed by atoms with Crippen molar-refractivity contribution in [2.24, 2.45) is 5.92 Å². The van der Waals surface area contributed by atoms with Crippen LogP contribution in [0.5, 0.6) is 0 Å². The van der Waals surface area contributed by atoms with Crippen molar-refractivity contribution in [1.82, 2.24) is 24.8 Å². The molecule has 0 aliphatic carbocycles. The number of carbonyl (C=O) groups excluding carboxylic acids is 1. The van der Waals surface area contributed by atoms with Crippen LogP contribution in [-0.4, -0.2) is 77.0 Å². The van der Waals surface area contributed by atoms with Crippen molar-refractivity contribution in [1.29, 1.82) is 0 Å². The molecule has 0 atom stereocenters. The maximum atomic E-state index is 12.9. The van der Waals surface area contributed by atoms with Crippen LogP contribution in [0.4, 0.5) is 5.69 Å². The average molecular weight is 439 g/mol. The molecule has 4 heterocycles. The molecule has 162 valence electrons. The summed E-state index contributed by atoms with van der Waals surface area (Å²) in [6, 6.07) is 7.96. The van der Waals surface area contributed by atoms with Crippen LogP contribution >= 0.6 is 11.6 Å². The minimum atomic E-state index is 0.134. The van der Waals surface area contributed by atoms with Crippen LogP contribution in [0.3, 0.4) is 0 Å². The molecule has 1 amide bonds. The molecule has 0 saturated carbocycles. The van der Waals surface area contributed by atoms with Gasteiger partial charge in [-0.15, -0.1) is 0 Å². The molecule has 8 heteroatoms. The lowest BCUT2D eigenvalue weighted by molar-refractivity contribution is -0.137. The number of nitrogens with one attached hydrogen (secondary N) is 1. The molecule has 3 aromatic rings. The van der Waals surface area contributed by atoms with E-state index >= 15 is 0 Å². The summed E-state index contributed by atoms with van der Waals surface area (Å²) in [6.45, 7) is 5.38. The second kappa shape index (κ2) is 8.48. The fraction of sp³-hybridized carbons (Fsp3) is 0.435. The largest absolute Gasteiger partial charge is 0.371 e. The first-order chi connectivity index (χ1) is 15.1. The van der Waals surface area contributed by atoms with Crippen molar-refractivity contribution in [2.45, 2.75) is 12.8 Å². The van der Waals surface area contributed by atoms with Gasteiger partial charge in [0.05, 0.1) is 22.3 Å². The topological polar surface area (TPSA) is 68.4 Å². The quantitative estimate of drug-likeness (QED) is 0.679. The number of pyridine rings is 1. The molecule has 2 aliphatic rings. The van der Waals surface area contributed by atoms with Gasteiger partial charge in [0.2, 0.25) is 5.91 Å². The summed E-state index contributed by atoms with van der Waals surface area (Å²) in [5.41, 5.74) is 3.76. The van der Waals surface area contributed by atoms with E-state index in [1.807, 2.05) is 12.1 Å². The number of aromatic nitrogens is 3. The minimum Gasteiger partial charge on any atom is -0.371 e. The molecular weight excluding hydrogens is 412 g/mol. The summed E-state index contributed by atoms with van der Waals surface area (Å²) in [6.07, 6.45) is 5.28. The average Bonchev–Trinajstić information content (AvgIpc) is 3.24. The molecule has 2 saturated heterocycles. The molecule has 2 fully saturated rings. The van der Waals surface area contributed by atoms with Gasteiger partial charge in [0.25, 0.3) is 0 Å². The van der Waals surface area contributed by atoms with Crippen molar-refractivity contribution >= 4 is 34.2 Å². The molecule has 1 aromatic carbocycles. The van der Waals surface area contributed by atoms with Gasteiger partial charge in [0, 0.05) is 62.6 Å². The van der Waals surface area contributed by atoms with E-state index in [-0.39, 0.29) is 5.92 Å². The van der Waals surface area contributed by atoms with Crippen molar-refractivity contribution in [3.63, 3.8) is 0 Å². The maximum absolute atomic E-state index is 12.9. The summed E-state index contributed by atoms with van der Waals surface area (Å²) in [4.78, 5) is 31.7. The zero-order valence-electron chi connectivity index (χ0n) is 17.7. The van der Waals surface area contributed by atoms with Crippen LogP contribution in [0.2, 0.25) is 5.02 Å². The Kier molecular flexibility index (Phi) is 5.54. The summed E-state index contributed by atoms with van der Waals surface area (Å²) >= 11 is 6.51. The number of rotatable bonds is 3. The number of nitrogens with zero attached hydrogens (tertiary/aromatic N) is 5. The lowest BCUT2D eigenvalue weighted by atomic mass is 9.94. The molecule has 7 nitrogen and oxygen atoms in total. The van der Waals surface area contributed by atoms with E-state index < -0.39 is 0 Å². The second-order valence-corrected chi connectivity index (χ2v) is 8.94. The highest BCUT2D eigenvalue weighted by Crippen LogP contribution is 2.33. The van der Waals surface area contributed by atoms with Crippen LogP contribution < -0.4 is 4.90 Å². The molecule has 31 heavy (non-hydrogen) atoms. The predicted octanol–water partition coefficient (Wildman–Crippen LogP) is 3.27. The van der Waals surface area contributed by atoms with E-state index in [1.54, 1.807) is 12.4 Å². The number of amides is 1. The molecule has 1 N–H and O–H groups in total. The van der Waals surface area contributed by atoms with Crippen molar-refractivity contribution in [2.75, 3.05) is 51.2 Å². The van der Waals surface area contributed by atoms with Crippen LogP contribution in [0.25, 0.3) is 22.4 Å². The van der Waals surface area contributed by atoms with Crippen molar-refractivity contribution in [3.8, 4) is 11.4 Å². The molecule has 5 rings (SSSR count). The Hall–Kier alpha value is -2.64. The number of hydrogen-bond acceptors (Lipinski definition) is 5. The summed E-state index contributed by atoms with van der Waals surface area (Å²) in [5.74, 6) is 1.21. The van der Waals surface area contributed by atoms with Gasteiger partial charge in [-0.2, -0.15) is 0 Å². The summed E-state index contributed by atoms with van der Waals surface area (Å²) in [5, 5.41) is 0.663. The zero-order valence-corrected chi connectivity index (χ0v) is 18.5. The number of carbonyl (C=O) groups is 1. The first-order valence-electron chi connectivity index (χ1n) is 10.9. The lowest BCUT2D eigenvalue weighted by Gasteiger charge is -2.38. The highest BCUT2D eigenvalue weighted by atomic mass is 35.5. The first kappa shape index (κ1) is 20.3. The predicted molar refractivity (Wildman–Crippen MR) is 123 cm³/mol. The fourth-order valence-electron chi connectivity index (χ4n) is 4.55. The van der Waals surface area contributed by atoms with Crippen LogP contribution in [0.1, 0.15) is 12.8 Å². The van der Waals surface area contributed by atoms with E-state index in [4.69, 9.17) is 11.6 Å². The number of hydrogen-bond donors (Lipinski definition) is 1. The van der Waals surface area contributed by atoms with Gasteiger partial charge in [0.15, 0.2) is 0 Å². The van der Waals surface area contributed by atoms with E-state index in [9.17, 15) is 4.79 Å². The Morgan fingerprint density at radius 2 is 1.87 bits per heavy atom. The zero-order chi connectivity index (χ0) is 21.4. The molecular formula is C23H27ClN6O. The number of H-pyrrole nitrogens is 1. The third-order valence-electron chi connectivity index (χ3n) is 6.51. The standard InChI is InChI=1S/C23H27ClN6O/c1-28-10-12-30(13-11-28)23(31)16-5-8-29(9-6-16)17-2-3-19(24)18(14-17)22-26-20-4-7-25-15-21(20)27-22/h2-4,7,14-16H,5-6,8-13H2,1H3,(H,26,27). The Morgan fingerprint density at radius 1 is 1.10 bits per heavy atom. The number of anilines is 1. The number of piperazine rings is 1. The van der Waals surface area contributed by atoms with E-state index in [0.29, 0.717) is 10.9 Å².